The Morgan fingerprint density at radius 3 is 2.36 bits per heavy atom. The third-order valence-corrected chi connectivity index (χ3v) is 12.1. The van der Waals surface area contributed by atoms with Gasteiger partial charge in [-0.3, -0.25) is 9.59 Å². The molecule has 2 aliphatic carbocycles. The summed E-state index contributed by atoms with van der Waals surface area (Å²) in [6, 6.07) is 7.67. The van der Waals surface area contributed by atoms with Gasteiger partial charge >= 0.3 is 6.18 Å². The van der Waals surface area contributed by atoms with E-state index in [-0.39, 0.29) is 53.9 Å². The van der Waals surface area contributed by atoms with Crippen molar-refractivity contribution in [1.29, 1.82) is 0 Å². The van der Waals surface area contributed by atoms with E-state index in [0.717, 1.165) is 42.8 Å². The van der Waals surface area contributed by atoms with Crippen LogP contribution in [0.5, 0.6) is 0 Å². The fourth-order valence-electron chi connectivity index (χ4n) is 7.11. The van der Waals surface area contributed by atoms with Crippen molar-refractivity contribution < 1.29 is 40.0 Å². The van der Waals surface area contributed by atoms with Crippen molar-refractivity contribution in [2.75, 3.05) is 19.6 Å². The Morgan fingerprint density at radius 2 is 1.74 bits per heavy atom. The summed E-state index contributed by atoms with van der Waals surface area (Å²) in [7, 11) is -4.29. The van der Waals surface area contributed by atoms with E-state index in [2.05, 4.69) is 5.32 Å². The Labute approximate surface area is 241 Å². The predicted molar refractivity (Wildman–Crippen MR) is 144 cm³/mol. The monoisotopic (exact) mass is 612 g/mol. The zero-order chi connectivity index (χ0) is 30.7. The number of carbonyl (C=O) groups is 2. The molecule has 2 aromatic carbocycles. The summed E-state index contributed by atoms with van der Waals surface area (Å²) in [5.74, 6) is -2.32. The fraction of sp³-hybridized carbons (Fsp3) is 0.533. The Morgan fingerprint density at radius 1 is 1.05 bits per heavy atom. The van der Waals surface area contributed by atoms with Crippen LogP contribution in [0.4, 0.5) is 22.0 Å². The van der Waals surface area contributed by atoms with Gasteiger partial charge < -0.3 is 10.2 Å². The molecule has 5 atom stereocenters. The van der Waals surface area contributed by atoms with E-state index in [1.54, 1.807) is 4.90 Å². The standard InChI is InChI=1S/C30H33F5N2O4S/c1-18(38)37-14-12-19(17-37)16-36-27(39)24-11-13-29(42(40,41)23-7-5-22(31)6-8-23)25-10-4-21(28(2,32)30(33,34)35)15-20(25)3-9-26(24)29/h4-8,10,15,19,24,26H,3,9,11-14,16-17H2,1-2H3,(H,36,39)/t19?,24-,26+,28?,29-/m1/s1. The Balaban J connectivity index is 1.51. The number of nitrogens with zero attached hydrogens (tertiary/aromatic N) is 1. The number of rotatable bonds is 6. The second-order valence-electron chi connectivity index (χ2n) is 11.9. The highest BCUT2D eigenvalue weighted by Crippen LogP contribution is 2.59. The molecule has 12 heteroatoms. The highest BCUT2D eigenvalue weighted by molar-refractivity contribution is 7.92. The topological polar surface area (TPSA) is 83.6 Å². The van der Waals surface area contributed by atoms with E-state index < -0.39 is 49.6 Å². The number of halogens is 5. The second-order valence-corrected chi connectivity index (χ2v) is 14.1. The minimum absolute atomic E-state index is 0.0233. The maximum absolute atomic E-state index is 14.9. The number of carbonyl (C=O) groups excluding carboxylic acids is 2. The van der Waals surface area contributed by atoms with Gasteiger partial charge in [-0.1, -0.05) is 18.2 Å². The molecule has 228 valence electrons. The van der Waals surface area contributed by atoms with E-state index in [1.165, 1.54) is 13.0 Å². The van der Waals surface area contributed by atoms with Gasteiger partial charge in [0.25, 0.3) is 0 Å². The average Bonchev–Trinajstić information content (AvgIpc) is 3.57. The van der Waals surface area contributed by atoms with Crippen molar-refractivity contribution >= 4 is 21.7 Å². The molecule has 1 aliphatic heterocycles. The third kappa shape index (κ3) is 4.89. The van der Waals surface area contributed by atoms with Gasteiger partial charge in [0.1, 0.15) is 10.6 Å². The summed E-state index contributed by atoms with van der Waals surface area (Å²) in [6.07, 6.45) is -3.85. The number of likely N-dealkylation sites (tertiary alicyclic amines) is 1. The quantitative estimate of drug-likeness (QED) is 0.359. The normalized spacial score (nSPS) is 27.2. The molecule has 2 amide bonds. The van der Waals surface area contributed by atoms with E-state index in [4.69, 9.17) is 0 Å². The molecule has 0 radical (unpaired) electrons. The molecule has 1 saturated heterocycles. The molecule has 1 saturated carbocycles. The van der Waals surface area contributed by atoms with E-state index >= 15 is 0 Å². The van der Waals surface area contributed by atoms with Gasteiger partial charge in [-0.2, -0.15) is 13.2 Å². The summed E-state index contributed by atoms with van der Waals surface area (Å²) >= 11 is 0. The molecule has 0 spiro atoms. The lowest BCUT2D eigenvalue weighted by atomic mass is 9.72. The number of aryl methyl sites for hydroxylation is 1. The zero-order valence-electron chi connectivity index (χ0n) is 23.3. The fourth-order valence-corrected chi connectivity index (χ4v) is 9.58. The van der Waals surface area contributed by atoms with Crippen LogP contribution in [-0.4, -0.2) is 50.9 Å². The second kappa shape index (κ2) is 10.6. The lowest BCUT2D eigenvalue weighted by Crippen LogP contribution is -2.47. The lowest BCUT2D eigenvalue weighted by Gasteiger charge is -2.42. The van der Waals surface area contributed by atoms with Crippen LogP contribution in [0.2, 0.25) is 0 Å². The number of fused-ring (bicyclic) bond motifs is 3. The van der Waals surface area contributed by atoms with Crippen LogP contribution in [0, 0.1) is 23.6 Å². The number of sulfone groups is 1. The molecule has 3 aliphatic rings. The summed E-state index contributed by atoms with van der Waals surface area (Å²) in [5.41, 5.74) is -3.71. The Hall–Kier alpha value is -3.02. The van der Waals surface area contributed by atoms with Crippen LogP contribution >= 0.6 is 0 Å². The number of hydrogen-bond donors (Lipinski definition) is 1. The van der Waals surface area contributed by atoms with Gasteiger partial charge in [0.15, 0.2) is 9.84 Å². The van der Waals surface area contributed by atoms with Crippen LogP contribution < -0.4 is 5.32 Å². The van der Waals surface area contributed by atoms with Crippen LogP contribution in [0.15, 0.2) is 47.4 Å². The minimum Gasteiger partial charge on any atom is -0.356 e. The van der Waals surface area contributed by atoms with Gasteiger partial charge in [0.2, 0.25) is 17.5 Å². The van der Waals surface area contributed by atoms with Crippen LogP contribution in [0.1, 0.15) is 56.2 Å². The van der Waals surface area contributed by atoms with Crippen molar-refractivity contribution in [1.82, 2.24) is 10.2 Å². The van der Waals surface area contributed by atoms with E-state index in [0.29, 0.717) is 32.1 Å². The minimum atomic E-state index is -5.17. The first kappa shape index (κ1) is 30.4. The first-order valence-corrected chi connectivity index (χ1v) is 15.5. The number of hydrogen-bond acceptors (Lipinski definition) is 4. The van der Waals surface area contributed by atoms with Crippen LogP contribution in [0.25, 0.3) is 0 Å². The highest BCUT2D eigenvalue weighted by atomic mass is 32.2. The van der Waals surface area contributed by atoms with Crippen LogP contribution in [-0.2, 0) is 36.3 Å². The van der Waals surface area contributed by atoms with Crippen molar-refractivity contribution in [3.8, 4) is 0 Å². The molecule has 0 aromatic heterocycles. The highest BCUT2D eigenvalue weighted by Gasteiger charge is 2.62. The van der Waals surface area contributed by atoms with E-state index in [1.807, 2.05) is 0 Å². The number of alkyl halides is 4. The molecule has 2 aromatic rings. The van der Waals surface area contributed by atoms with Crippen LogP contribution in [0.3, 0.4) is 0 Å². The smallest absolute Gasteiger partial charge is 0.356 e. The predicted octanol–water partition coefficient (Wildman–Crippen LogP) is 5.20. The van der Waals surface area contributed by atoms with Crippen molar-refractivity contribution in [3.63, 3.8) is 0 Å². The van der Waals surface area contributed by atoms with Crippen molar-refractivity contribution in [2.24, 2.45) is 17.8 Å². The molecule has 5 rings (SSSR count). The van der Waals surface area contributed by atoms with E-state index in [9.17, 15) is 40.0 Å². The summed E-state index contributed by atoms with van der Waals surface area (Å²) < 4.78 is 96.3. The summed E-state index contributed by atoms with van der Waals surface area (Å²) in [6.45, 7) is 3.37. The molecule has 42 heavy (non-hydrogen) atoms. The Kier molecular flexibility index (Phi) is 7.69. The van der Waals surface area contributed by atoms with Gasteiger partial charge in [0, 0.05) is 32.5 Å². The van der Waals surface area contributed by atoms with Crippen molar-refractivity contribution in [3.05, 3.63) is 65.0 Å². The third-order valence-electron chi connectivity index (χ3n) is 9.51. The molecule has 2 unspecified atom stereocenters. The largest absolute Gasteiger partial charge is 0.426 e. The molecule has 2 fully saturated rings. The SMILES string of the molecule is CC(=O)N1CCC(CNC(=O)[C@@H]2CC[C@@]3(S(=O)(=O)c4ccc(F)cc4)c4ccc(C(C)(F)C(F)(F)F)cc4CC[C@@H]23)C1. The molecule has 1 heterocycles. The summed E-state index contributed by atoms with van der Waals surface area (Å²) in [5, 5.41) is 2.95. The molecule has 0 bridgehead atoms. The number of amides is 2. The zero-order valence-corrected chi connectivity index (χ0v) is 24.1. The maximum Gasteiger partial charge on any atom is 0.426 e. The Bertz CT molecular complexity index is 1490. The van der Waals surface area contributed by atoms with Gasteiger partial charge in [0.05, 0.1) is 4.90 Å². The average molecular weight is 613 g/mol. The molecule has 6 nitrogen and oxygen atoms in total. The van der Waals surface area contributed by atoms with Crippen molar-refractivity contribution in [2.45, 2.75) is 67.4 Å². The first-order valence-electron chi connectivity index (χ1n) is 14.0. The number of nitrogens with one attached hydrogen (secondary N) is 1. The maximum atomic E-state index is 14.9. The molecule has 1 N–H and O–H groups in total. The summed E-state index contributed by atoms with van der Waals surface area (Å²) in [4.78, 5) is 26.7. The number of benzene rings is 2. The van der Waals surface area contributed by atoms with Gasteiger partial charge in [-0.15, -0.1) is 0 Å². The van der Waals surface area contributed by atoms with Gasteiger partial charge in [-0.25, -0.2) is 17.2 Å². The molecular formula is C30H33F5N2O4S. The molecular weight excluding hydrogens is 579 g/mol. The van der Waals surface area contributed by atoms with Gasteiger partial charge in [-0.05, 0) is 91.8 Å². The first-order chi connectivity index (χ1) is 19.6. The lowest BCUT2D eigenvalue weighted by molar-refractivity contribution is -0.228.